The second-order valence-electron chi connectivity index (χ2n) is 2.51. The monoisotopic (exact) mass is 189 g/mol. The normalized spacial score (nSPS) is 10.9. The predicted octanol–water partition coefficient (Wildman–Crippen LogP) is 3.59. The Morgan fingerprint density at radius 3 is 2.21 bits per heavy atom. The van der Waals surface area contributed by atoms with Gasteiger partial charge in [0.2, 0.25) is 0 Å². The lowest BCUT2D eigenvalue weighted by Gasteiger charge is -1.98. The number of allylic oxidation sites excluding steroid dienone is 3. The first-order valence-electron chi connectivity index (χ1n) is 4.98. The second kappa shape index (κ2) is 8.11. The third-order valence-corrected chi connectivity index (χ3v) is 1.58. The molecule has 0 saturated carbocycles. The summed E-state index contributed by atoms with van der Waals surface area (Å²) in [5.41, 5.74) is 7.66. The van der Waals surface area contributed by atoms with Crippen LogP contribution in [0, 0.1) is 0 Å². The SMILES string of the molecule is C/C=C\C=C(/N)c1ccccc1.CC. The molecule has 1 rings (SSSR count). The summed E-state index contributed by atoms with van der Waals surface area (Å²) in [6.45, 7) is 5.97. The molecular weight excluding hydrogens is 170 g/mol. The third kappa shape index (κ3) is 4.51. The lowest BCUT2D eigenvalue weighted by atomic mass is 10.1. The number of hydrogen-bond acceptors (Lipinski definition) is 1. The van der Waals surface area contributed by atoms with Crippen molar-refractivity contribution in [2.45, 2.75) is 20.8 Å². The van der Waals surface area contributed by atoms with Gasteiger partial charge in [0.15, 0.2) is 0 Å². The van der Waals surface area contributed by atoms with Gasteiger partial charge in [0.05, 0.1) is 0 Å². The molecule has 0 amide bonds. The largest absolute Gasteiger partial charge is 0.398 e. The van der Waals surface area contributed by atoms with Crippen molar-refractivity contribution >= 4 is 5.70 Å². The van der Waals surface area contributed by atoms with Gasteiger partial charge in [-0.1, -0.05) is 56.3 Å². The van der Waals surface area contributed by atoms with E-state index < -0.39 is 0 Å². The summed E-state index contributed by atoms with van der Waals surface area (Å²) >= 11 is 0. The van der Waals surface area contributed by atoms with Gasteiger partial charge in [0, 0.05) is 5.70 Å². The van der Waals surface area contributed by atoms with Crippen LogP contribution < -0.4 is 5.73 Å². The van der Waals surface area contributed by atoms with E-state index in [0.717, 1.165) is 11.3 Å². The predicted molar refractivity (Wildman–Crippen MR) is 64.8 cm³/mol. The number of benzene rings is 1. The highest BCUT2D eigenvalue weighted by atomic mass is 14.6. The summed E-state index contributed by atoms with van der Waals surface area (Å²) in [5.74, 6) is 0. The van der Waals surface area contributed by atoms with Crippen LogP contribution in [-0.4, -0.2) is 0 Å². The van der Waals surface area contributed by atoms with Crippen LogP contribution in [0.2, 0.25) is 0 Å². The average Bonchev–Trinajstić information content (AvgIpc) is 2.30. The zero-order valence-corrected chi connectivity index (χ0v) is 9.20. The molecule has 0 bridgehead atoms. The van der Waals surface area contributed by atoms with Crippen LogP contribution in [0.25, 0.3) is 5.70 Å². The van der Waals surface area contributed by atoms with Gasteiger partial charge < -0.3 is 5.73 Å². The van der Waals surface area contributed by atoms with E-state index >= 15 is 0 Å². The standard InChI is InChI=1S/C11H13N.C2H6/c1-2-3-9-11(12)10-7-5-4-6-8-10;1-2/h2-9H,12H2,1H3;1-2H3/b3-2-,11-9-;. The first kappa shape index (κ1) is 12.5. The topological polar surface area (TPSA) is 26.0 Å². The minimum absolute atomic E-state index is 0.800. The van der Waals surface area contributed by atoms with Gasteiger partial charge in [-0.25, -0.2) is 0 Å². The molecule has 0 aliphatic rings. The summed E-state index contributed by atoms with van der Waals surface area (Å²) in [7, 11) is 0. The van der Waals surface area contributed by atoms with E-state index in [2.05, 4.69) is 0 Å². The lowest BCUT2D eigenvalue weighted by molar-refractivity contribution is 1.50. The molecular formula is C13H19N. The van der Waals surface area contributed by atoms with Gasteiger partial charge in [0.1, 0.15) is 0 Å². The molecule has 1 heteroatoms. The maximum absolute atomic E-state index is 5.79. The molecule has 0 aromatic heterocycles. The molecule has 2 N–H and O–H groups in total. The molecule has 0 spiro atoms. The Hall–Kier alpha value is -1.50. The van der Waals surface area contributed by atoms with E-state index in [4.69, 9.17) is 5.73 Å². The molecule has 1 aromatic carbocycles. The third-order valence-electron chi connectivity index (χ3n) is 1.58. The number of rotatable bonds is 2. The van der Waals surface area contributed by atoms with E-state index in [1.54, 1.807) is 0 Å². The van der Waals surface area contributed by atoms with Gasteiger partial charge >= 0.3 is 0 Å². The van der Waals surface area contributed by atoms with Crippen LogP contribution in [0.3, 0.4) is 0 Å². The quantitative estimate of drug-likeness (QED) is 0.707. The summed E-state index contributed by atoms with van der Waals surface area (Å²) < 4.78 is 0. The fourth-order valence-corrected chi connectivity index (χ4v) is 0.927. The van der Waals surface area contributed by atoms with Crippen molar-refractivity contribution in [2.24, 2.45) is 5.73 Å². The van der Waals surface area contributed by atoms with E-state index in [1.807, 2.05) is 69.3 Å². The van der Waals surface area contributed by atoms with Gasteiger partial charge in [-0.15, -0.1) is 0 Å². The smallest absolute Gasteiger partial charge is 0.0387 e. The van der Waals surface area contributed by atoms with E-state index in [9.17, 15) is 0 Å². The Kier molecular flexibility index (Phi) is 7.24. The van der Waals surface area contributed by atoms with E-state index in [1.165, 1.54) is 0 Å². The van der Waals surface area contributed by atoms with E-state index in [0.29, 0.717) is 0 Å². The molecule has 0 heterocycles. The first-order valence-corrected chi connectivity index (χ1v) is 4.98. The van der Waals surface area contributed by atoms with Gasteiger partial charge in [-0.2, -0.15) is 0 Å². The zero-order valence-electron chi connectivity index (χ0n) is 9.20. The molecule has 1 nitrogen and oxygen atoms in total. The van der Waals surface area contributed by atoms with Crippen molar-refractivity contribution in [3.63, 3.8) is 0 Å². The molecule has 0 radical (unpaired) electrons. The molecule has 76 valence electrons. The Balaban J connectivity index is 0.000000791. The fourth-order valence-electron chi connectivity index (χ4n) is 0.927. The highest BCUT2D eigenvalue weighted by Crippen LogP contribution is 2.07. The first-order chi connectivity index (χ1) is 6.84. The molecule has 0 aliphatic carbocycles. The Morgan fingerprint density at radius 1 is 1.14 bits per heavy atom. The van der Waals surface area contributed by atoms with Crippen molar-refractivity contribution in [3.8, 4) is 0 Å². The molecule has 1 aromatic rings. The summed E-state index contributed by atoms with van der Waals surface area (Å²) in [6.07, 6.45) is 5.79. The minimum atomic E-state index is 0.800. The van der Waals surface area contributed by atoms with Crippen molar-refractivity contribution in [3.05, 3.63) is 54.1 Å². The van der Waals surface area contributed by atoms with E-state index in [-0.39, 0.29) is 0 Å². The summed E-state index contributed by atoms with van der Waals surface area (Å²) in [4.78, 5) is 0. The highest BCUT2D eigenvalue weighted by Gasteiger charge is 1.90. The average molecular weight is 189 g/mol. The number of nitrogens with two attached hydrogens (primary N) is 1. The molecule has 0 aliphatic heterocycles. The Bertz CT molecular complexity index is 283. The molecule has 0 saturated heterocycles. The summed E-state index contributed by atoms with van der Waals surface area (Å²) in [5, 5.41) is 0. The van der Waals surface area contributed by atoms with Gasteiger partial charge in [-0.3, -0.25) is 0 Å². The van der Waals surface area contributed by atoms with Crippen LogP contribution >= 0.6 is 0 Å². The van der Waals surface area contributed by atoms with Crippen molar-refractivity contribution in [2.75, 3.05) is 0 Å². The molecule has 0 fully saturated rings. The lowest BCUT2D eigenvalue weighted by Crippen LogP contribution is -1.94. The van der Waals surface area contributed by atoms with Crippen molar-refractivity contribution < 1.29 is 0 Å². The molecule has 14 heavy (non-hydrogen) atoms. The second-order valence-corrected chi connectivity index (χ2v) is 2.51. The van der Waals surface area contributed by atoms with Crippen LogP contribution in [0.15, 0.2) is 48.6 Å². The fraction of sp³-hybridized carbons (Fsp3) is 0.231. The minimum Gasteiger partial charge on any atom is -0.398 e. The van der Waals surface area contributed by atoms with Crippen LogP contribution in [0.1, 0.15) is 26.3 Å². The number of hydrogen-bond donors (Lipinski definition) is 1. The summed E-state index contributed by atoms with van der Waals surface area (Å²) in [6, 6.07) is 9.93. The van der Waals surface area contributed by atoms with Crippen molar-refractivity contribution in [1.82, 2.24) is 0 Å². The molecule has 0 atom stereocenters. The Labute approximate surface area is 87.0 Å². The zero-order chi connectivity index (χ0) is 10.8. The highest BCUT2D eigenvalue weighted by molar-refractivity contribution is 5.63. The molecule has 0 unspecified atom stereocenters. The van der Waals surface area contributed by atoms with Crippen LogP contribution in [0.4, 0.5) is 0 Å². The van der Waals surface area contributed by atoms with Crippen LogP contribution in [-0.2, 0) is 0 Å². The Morgan fingerprint density at radius 2 is 1.71 bits per heavy atom. The van der Waals surface area contributed by atoms with Crippen molar-refractivity contribution in [1.29, 1.82) is 0 Å². The maximum Gasteiger partial charge on any atom is 0.0387 e. The van der Waals surface area contributed by atoms with Gasteiger partial charge in [-0.05, 0) is 18.6 Å². The van der Waals surface area contributed by atoms with Crippen LogP contribution in [0.5, 0.6) is 0 Å². The van der Waals surface area contributed by atoms with Gasteiger partial charge in [0.25, 0.3) is 0 Å². The maximum atomic E-state index is 5.79.